The van der Waals surface area contributed by atoms with Gasteiger partial charge in [-0.2, -0.15) is 0 Å². The number of aliphatic hydroxyl groups is 1. The van der Waals surface area contributed by atoms with Crippen molar-refractivity contribution >= 4 is 28.0 Å². The maximum Gasteiger partial charge on any atom is 0.241 e. The van der Waals surface area contributed by atoms with Crippen LogP contribution in [0.1, 0.15) is 53.3 Å². The van der Waals surface area contributed by atoms with Gasteiger partial charge in [0.15, 0.2) is 5.78 Å². The van der Waals surface area contributed by atoms with Crippen LogP contribution in [0.2, 0.25) is 0 Å². The molecule has 1 spiro atoms. The number of ether oxygens (including phenoxy) is 3. The Morgan fingerprint density at radius 1 is 1.23 bits per heavy atom. The van der Waals surface area contributed by atoms with Gasteiger partial charge < -0.3 is 23.7 Å². The number of carbonyl (C=O) groups is 2. The lowest BCUT2D eigenvalue weighted by Crippen LogP contribution is -2.60. The number of fused-ring (bicyclic) bond motifs is 1. The quantitative estimate of drug-likeness (QED) is 0.405. The number of aromatic nitrogens is 1. The van der Waals surface area contributed by atoms with Crippen molar-refractivity contribution in [3.05, 3.63) is 53.4 Å². The van der Waals surface area contributed by atoms with Crippen LogP contribution < -0.4 is 9.64 Å². The van der Waals surface area contributed by atoms with Crippen molar-refractivity contribution in [3.63, 3.8) is 0 Å². The molecule has 39 heavy (non-hydrogen) atoms. The Bertz CT molecular complexity index is 1360. The molecule has 1 saturated carbocycles. The number of methoxy groups -OCH3 is 1. The topological polar surface area (TPSA) is 111 Å². The number of hydrogen-bond acceptors (Lipinski definition) is 9. The molecule has 1 aromatic carbocycles. The first-order valence-electron chi connectivity index (χ1n) is 13.3. The van der Waals surface area contributed by atoms with Crippen LogP contribution in [-0.4, -0.2) is 61.4 Å². The van der Waals surface area contributed by atoms with Crippen LogP contribution in [0.15, 0.2) is 41.1 Å². The van der Waals surface area contributed by atoms with Crippen LogP contribution in [0.3, 0.4) is 0 Å². The molecule has 10 heteroatoms. The van der Waals surface area contributed by atoms with Gasteiger partial charge in [0.1, 0.15) is 28.5 Å². The Kier molecular flexibility index (Phi) is 7.05. The van der Waals surface area contributed by atoms with Gasteiger partial charge in [-0.15, -0.1) is 11.3 Å². The zero-order chi connectivity index (χ0) is 27.1. The summed E-state index contributed by atoms with van der Waals surface area (Å²) in [5.74, 6) is 0.615. The minimum absolute atomic E-state index is 0.0287. The average Bonchev–Trinajstić information content (AvgIpc) is 3.58. The van der Waals surface area contributed by atoms with Crippen molar-refractivity contribution in [1.82, 2.24) is 4.98 Å². The highest BCUT2D eigenvalue weighted by Crippen LogP contribution is 2.57. The Balaban J connectivity index is 1.44. The summed E-state index contributed by atoms with van der Waals surface area (Å²) in [6.45, 7) is 3.30. The molecule has 9 nitrogen and oxygen atoms in total. The molecule has 2 fully saturated rings. The minimum atomic E-state index is -1.18. The van der Waals surface area contributed by atoms with Gasteiger partial charge in [0.05, 0.1) is 36.4 Å². The van der Waals surface area contributed by atoms with E-state index in [0.29, 0.717) is 48.3 Å². The second kappa shape index (κ2) is 10.5. The summed E-state index contributed by atoms with van der Waals surface area (Å²) >= 11 is 1.34. The van der Waals surface area contributed by atoms with E-state index in [4.69, 9.17) is 18.6 Å². The van der Waals surface area contributed by atoms with Crippen LogP contribution >= 0.6 is 11.3 Å². The fourth-order valence-electron chi connectivity index (χ4n) is 6.12. The highest BCUT2D eigenvalue weighted by atomic mass is 32.1. The number of anilines is 1. The molecule has 1 atom stereocenters. The number of Topliss-reactive ketones (excluding diaryl/α,β-unsaturated/α-hetero) is 1. The van der Waals surface area contributed by atoms with Crippen molar-refractivity contribution in [2.45, 2.75) is 44.8 Å². The van der Waals surface area contributed by atoms with E-state index in [1.807, 2.05) is 31.2 Å². The van der Waals surface area contributed by atoms with Crippen LogP contribution in [0.25, 0.3) is 10.8 Å². The molecule has 1 N–H and O–H groups in total. The van der Waals surface area contributed by atoms with E-state index in [2.05, 4.69) is 4.98 Å². The number of hydrogen-bond donors (Lipinski definition) is 1. The summed E-state index contributed by atoms with van der Waals surface area (Å²) < 4.78 is 23.5. The summed E-state index contributed by atoms with van der Waals surface area (Å²) in [4.78, 5) is 35.0. The van der Waals surface area contributed by atoms with Crippen molar-refractivity contribution in [1.29, 1.82) is 0 Å². The molecule has 1 saturated heterocycles. The second-order valence-electron chi connectivity index (χ2n) is 10.5. The zero-order valence-corrected chi connectivity index (χ0v) is 22.9. The minimum Gasteiger partial charge on any atom is -0.496 e. The molecular weight excluding hydrogens is 520 g/mol. The fraction of sp³-hybridized carbons (Fsp3) is 0.483. The van der Waals surface area contributed by atoms with Gasteiger partial charge >= 0.3 is 0 Å². The zero-order valence-electron chi connectivity index (χ0n) is 22.1. The Morgan fingerprint density at radius 2 is 2.00 bits per heavy atom. The number of nitrogens with zero attached hydrogens (tertiary/aromatic N) is 2. The summed E-state index contributed by atoms with van der Waals surface area (Å²) in [6.07, 6.45) is 4.73. The predicted molar refractivity (Wildman–Crippen MR) is 144 cm³/mol. The van der Waals surface area contributed by atoms with Gasteiger partial charge in [-0.05, 0) is 50.2 Å². The summed E-state index contributed by atoms with van der Waals surface area (Å²) in [5, 5.41) is 10.3. The molecule has 3 aliphatic rings. The van der Waals surface area contributed by atoms with Gasteiger partial charge in [0.25, 0.3) is 0 Å². The van der Waals surface area contributed by atoms with Crippen molar-refractivity contribution in [3.8, 4) is 16.5 Å². The van der Waals surface area contributed by atoms with Crippen molar-refractivity contribution < 1.29 is 33.3 Å². The number of benzene rings is 1. The van der Waals surface area contributed by atoms with Crippen LogP contribution in [0.4, 0.5) is 5.00 Å². The predicted octanol–water partition coefficient (Wildman–Crippen LogP) is 4.58. The number of amides is 1. The lowest BCUT2D eigenvalue weighted by atomic mass is 9.57. The third-order valence-corrected chi connectivity index (χ3v) is 9.51. The van der Waals surface area contributed by atoms with E-state index in [-0.39, 0.29) is 36.9 Å². The van der Waals surface area contributed by atoms with Gasteiger partial charge in [0.2, 0.25) is 11.8 Å². The first-order chi connectivity index (χ1) is 19.0. The molecule has 1 amide bonds. The number of rotatable bonds is 8. The summed E-state index contributed by atoms with van der Waals surface area (Å²) in [5.41, 5.74) is 0.958. The van der Waals surface area contributed by atoms with E-state index < -0.39 is 11.5 Å². The Labute approximate surface area is 230 Å². The number of oxazole rings is 1. The molecule has 206 valence electrons. The molecule has 1 aliphatic carbocycles. The SMILES string of the molecule is COc1ccccc1C(CN1C(=O)C2(CC(CO)C2)C(=O)c2c1sc(-c1ncco1)c2C)OC1CCOCC1. The van der Waals surface area contributed by atoms with Crippen LogP contribution in [0.5, 0.6) is 5.75 Å². The smallest absolute Gasteiger partial charge is 0.241 e. The molecule has 0 radical (unpaired) electrons. The van der Waals surface area contributed by atoms with E-state index in [0.717, 1.165) is 28.8 Å². The third-order valence-electron chi connectivity index (χ3n) is 8.21. The molecule has 1 unspecified atom stereocenters. The van der Waals surface area contributed by atoms with Crippen LogP contribution in [-0.2, 0) is 14.3 Å². The number of aliphatic hydroxyl groups excluding tert-OH is 1. The third kappa shape index (κ3) is 4.39. The monoisotopic (exact) mass is 552 g/mol. The Hall–Kier alpha value is -3.05. The van der Waals surface area contributed by atoms with E-state index in [9.17, 15) is 14.7 Å². The first-order valence-corrected chi connectivity index (χ1v) is 14.2. The maximum atomic E-state index is 14.3. The second-order valence-corrected chi connectivity index (χ2v) is 11.5. The van der Waals surface area contributed by atoms with Gasteiger partial charge in [-0.1, -0.05) is 18.2 Å². The maximum absolute atomic E-state index is 14.3. The summed E-state index contributed by atoms with van der Waals surface area (Å²) in [6, 6.07) is 7.68. The van der Waals surface area contributed by atoms with E-state index >= 15 is 0 Å². The van der Waals surface area contributed by atoms with Crippen molar-refractivity contribution in [2.24, 2.45) is 11.3 Å². The number of ketones is 1. The Morgan fingerprint density at radius 3 is 2.69 bits per heavy atom. The molecule has 4 heterocycles. The van der Waals surface area contributed by atoms with Crippen LogP contribution in [0, 0.1) is 18.3 Å². The lowest BCUT2D eigenvalue weighted by molar-refractivity contribution is -0.134. The normalized spacial score (nSPS) is 24.1. The standard InChI is InChI=1S/C29H32N2O7S/c1-17-23-25(33)29(13-18(14-29)16-32)28(34)31(27(23)39-24(17)26-30-9-12-37-26)15-22(38-19-7-10-36-11-8-19)20-5-3-4-6-21(20)35-2/h3-6,9,12,18-19,22,32H,7-8,10-11,13-16H2,1-2H3. The number of para-hydroxylation sites is 1. The molecule has 0 bridgehead atoms. The fourth-order valence-corrected chi connectivity index (χ4v) is 7.37. The first kappa shape index (κ1) is 26.2. The molecule has 3 aromatic rings. The van der Waals surface area contributed by atoms with Gasteiger partial charge in [0, 0.05) is 25.4 Å². The average molecular weight is 553 g/mol. The van der Waals surface area contributed by atoms with E-state index in [1.54, 1.807) is 18.2 Å². The number of thiophene rings is 1. The van der Waals surface area contributed by atoms with Gasteiger partial charge in [-0.3, -0.25) is 14.5 Å². The lowest BCUT2D eigenvalue weighted by Gasteiger charge is -2.49. The van der Waals surface area contributed by atoms with E-state index in [1.165, 1.54) is 17.6 Å². The molecular formula is C29H32N2O7S. The van der Waals surface area contributed by atoms with Gasteiger partial charge in [-0.25, -0.2) is 4.98 Å². The molecule has 6 rings (SSSR count). The number of carbonyl (C=O) groups excluding carboxylic acids is 2. The van der Waals surface area contributed by atoms with Crippen molar-refractivity contribution in [2.75, 3.05) is 38.4 Å². The largest absolute Gasteiger partial charge is 0.496 e. The highest BCUT2D eigenvalue weighted by molar-refractivity contribution is 7.20. The molecule has 2 aromatic heterocycles. The highest BCUT2D eigenvalue weighted by Gasteiger charge is 2.61. The summed E-state index contributed by atoms with van der Waals surface area (Å²) in [7, 11) is 1.62. The molecule has 2 aliphatic heterocycles.